The van der Waals surface area contributed by atoms with Crippen LogP contribution in [0, 0.1) is 0 Å². The molecule has 0 bridgehead atoms. The molecule has 2 rings (SSSR count). The summed E-state index contributed by atoms with van der Waals surface area (Å²) in [4.78, 5) is 9.82. The van der Waals surface area contributed by atoms with Gasteiger partial charge in [-0.3, -0.25) is 0 Å². The molecule has 0 aliphatic rings. The molecule has 3 nitrogen and oxygen atoms in total. The van der Waals surface area contributed by atoms with Crippen LogP contribution in [-0.2, 0) is 16.0 Å². The average Bonchev–Trinajstić information content (AvgIpc) is 2.60. The highest BCUT2D eigenvalue weighted by Crippen LogP contribution is 2.23. The Hall–Kier alpha value is -1.48. The molecule has 15 heavy (non-hydrogen) atoms. The van der Waals surface area contributed by atoms with Crippen LogP contribution in [0.5, 0.6) is 0 Å². The van der Waals surface area contributed by atoms with E-state index < -0.39 is 0 Å². The van der Waals surface area contributed by atoms with E-state index >= 15 is 0 Å². The van der Waals surface area contributed by atoms with Crippen molar-refractivity contribution in [2.75, 3.05) is 6.61 Å². The summed E-state index contributed by atoms with van der Waals surface area (Å²) in [6.07, 6.45) is 0.543. The summed E-state index contributed by atoms with van der Waals surface area (Å²) in [5.41, 5.74) is 0.782. The third kappa shape index (κ3) is 2.30. The molecule has 0 unspecified atom stereocenters. The second kappa shape index (κ2) is 4.36. The van der Waals surface area contributed by atoms with Crippen molar-refractivity contribution in [3.63, 3.8) is 0 Å². The van der Waals surface area contributed by atoms with Crippen molar-refractivity contribution >= 4 is 29.0 Å². The number of hydrogen-bond acceptors (Lipinski definition) is 3. The van der Waals surface area contributed by atoms with Crippen molar-refractivity contribution < 1.29 is 13.9 Å². The van der Waals surface area contributed by atoms with Gasteiger partial charge in [0.05, 0.1) is 6.61 Å². The molecule has 1 heterocycles. The third-order valence-corrected chi connectivity index (χ3v) is 2.27. The number of rotatable bonds is 4. The van der Waals surface area contributed by atoms with E-state index in [9.17, 15) is 4.79 Å². The molecule has 1 radical (unpaired) electrons. The molecule has 1 aromatic heterocycles. The minimum atomic E-state index is 0.275. The second-order valence-corrected chi connectivity index (χ2v) is 3.51. The Kier molecular flexibility index (Phi) is 2.92. The lowest BCUT2D eigenvalue weighted by Gasteiger charge is -1.92. The van der Waals surface area contributed by atoms with Crippen LogP contribution in [0.3, 0.4) is 0 Å². The van der Waals surface area contributed by atoms with E-state index in [1.807, 2.05) is 18.2 Å². The first kappa shape index (κ1) is 10.1. The van der Waals surface area contributed by atoms with E-state index in [-0.39, 0.29) is 6.61 Å². The molecular formula is C11H8ClO3. The molecule has 4 heteroatoms. The lowest BCUT2D eigenvalue weighted by Crippen LogP contribution is -1.94. The molecule has 0 N–H and O–H groups in total. The van der Waals surface area contributed by atoms with Crippen molar-refractivity contribution in [1.29, 1.82) is 0 Å². The van der Waals surface area contributed by atoms with E-state index in [4.69, 9.17) is 16.0 Å². The summed E-state index contributed by atoms with van der Waals surface area (Å²) in [7, 11) is 0. The lowest BCUT2D eigenvalue weighted by molar-refractivity contribution is 0.274. The molecule has 77 valence electrons. The smallest absolute Gasteiger partial charge is 0.417 e. The summed E-state index contributed by atoms with van der Waals surface area (Å²) in [6, 6.07) is 7.30. The standard InChI is InChI=1S/C11H8ClO3/c12-9-1-2-11-8(5-9)6-10(15-11)3-4-14-7-13/h1-2,5-6H,3-4H2. The van der Waals surface area contributed by atoms with Gasteiger partial charge in [0.15, 0.2) is 0 Å². The van der Waals surface area contributed by atoms with Gasteiger partial charge in [0.1, 0.15) is 11.3 Å². The van der Waals surface area contributed by atoms with E-state index in [1.165, 1.54) is 6.47 Å². The zero-order valence-electron chi connectivity index (χ0n) is 7.83. The van der Waals surface area contributed by atoms with Gasteiger partial charge in [0.25, 0.3) is 0 Å². The van der Waals surface area contributed by atoms with Crippen molar-refractivity contribution in [2.24, 2.45) is 0 Å². The van der Waals surface area contributed by atoms with E-state index in [0.29, 0.717) is 11.4 Å². The zero-order valence-corrected chi connectivity index (χ0v) is 8.58. The van der Waals surface area contributed by atoms with Gasteiger partial charge in [-0.15, -0.1) is 0 Å². The van der Waals surface area contributed by atoms with Crippen molar-refractivity contribution in [1.82, 2.24) is 0 Å². The normalized spacial score (nSPS) is 10.5. The number of hydrogen-bond donors (Lipinski definition) is 0. The summed E-state index contributed by atoms with van der Waals surface area (Å²) in [5, 5.41) is 1.62. The number of benzene rings is 1. The van der Waals surface area contributed by atoms with Gasteiger partial charge in [0, 0.05) is 16.8 Å². The largest absolute Gasteiger partial charge is 0.461 e. The summed E-state index contributed by atoms with van der Waals surface area (Å²) in [6.45, 7) is 1.64. The molecule has 0 atom stereocenters. The highest BCUT2D eigenvalue weighted by molar-refractivity contribution is 6.31. The van der Waals surface area contributed by atoms with Gasteiger partial charge >= 0.3 is 6.47 Å². The molecule has 0 amide bonds. The van der Waals surface area contributed by atoms with Crippen molar-refractivity contribution in [3.8, 4) is 0 Å². The van der Waals surface area contributed by atoms with Crippen LogP contribution >= 0.6 is 11.6 Å². The lowest BCUT2D eigenvalue weighted by atomic mass is 10.2. The fraction of sp³-hybridized carbons (Fsp3) is 0.182. The van der Waals surface area contributed by atoms with Gasteiger partial charge in [-0.25, -0.2) is 4.79 Å². The highest BCUT2D eigenvalue weighted by atomic mass is 35.5. The SMILES string of the molecule is O=[C]OCCc1cc2cc(Cl)ccc2o1. The average molecular weight is 224 g/mol. The van der Waals surface area contributed by atoms with Crippen LogP contribution in [0.4, 0.5) is 0 Å². The predicted octanol–water partition coefficient (Wildman–Crippen LogP) is 2.71. The summed E-state index contributed by atoms with van der Waals surface area (Å²) in [5.74, 6) is 0.766. The zero-order chi connectivity index (χ0) is 10.7. The molecular weight excluding hydrogens is 216 g/mol. The summed E-state index contributed by atoms with van der Waals surface area (Å²) < 4.78 is 9.97. The van der Waals surface area contributed by atoms with E-state index in [2.05, 4.69) is 4.74 Å². The number of carbonyl (C=O) groups excluding carboxylic acids is 1. The van der Waals surface area contributed by atoms with Gasteiger partial charge < -0.3 is 9.15 Å². The Labute approximate surface area is 91.6 Å². The third-order valence-electron chi connectivity index (χ3n) is 2.04. The molecule has 0 saturated carbocycles. The predicted molar refractivity (Wildman–Crippen MR) is 56.6 cm³/mol. The van der Waals surface area contributed by atoms with Gasteiger partial charge in [-0.05, 0) is 24.3 Å². The maximum atomic E-state index is 9.82. The van der Waals surface area contributed by atoms with Crippen LogP contribution < -0.4 is 0 Å². The Morgan fingerprint density at radius 1 is 1.40 bits per heavy atom. The molecule has 1 aromatic carbocycles. The molecule has 0 fully saturated rings. The second-order valence-electron chi connectivity index (χ2n) is 3.08. The van der Waals surface area contributed by atoms with Crippen LogP contribution in [0.15, 0.2) is 28.7 Å². The number of ether oxygens (including phenoxy) is 1. The van der Waals surface area contributed by atoms with Gasteiger partial charge in [-0.1, -0.05) is 11.6 Å². The fourth-order valence-corrected chi connectivity index (χ4v) is 1.57. The Morgan fingerprint density at radius 3 is 3.07 bits per heavy atom. The number of fused-ring (bicyclic) bond motifs is 1. The summed E-state index contributed by atoms with van der Waals surface area (Å²) >= 11 is 5.84. The Bertz CT molecular complexity index is 476. The topological polar surface area (TPSA) is 39.4 Å². The Balaban J connectivity index is 2.19. The van der Waals surface area contributed by atoms with Gasteiger partial charge in [-0.2, -0.15) is 0 Å². The Morgan fingerprint density at radius 2 is 2.27 bits per heavy atom. The minimum absolute atomic E-state index is 0.275. The first-order valence-corrected chi connectivity index (χ1v) is 4.84. The van der Waals surface area contributed by atoms with Crippen molar-refractivity contribution in [2.45, 2.75) is 6.42 Å². The first-order chi connectivity index (χ1) is 7.29. The monoisotopic (exact) mass is 223 g/mol. The first-order valence-electron chi connectivity index (χ1n) is 4.46. The fourth-order valence-electron chi connectivity index (χ4n) is 1.39. The van der Waals surface area contributed by atoms with E-state index in [1.54, 1.807) is 6.07 Å². The number of furan rings is 1. The van der Waals surface area contributed by atoms with Crippen LogP contribution in [0.2, 0.25) is 5.02 Å². The van der Waals surface area contributed by atoms with Gasteiger partial charge in [0.2, 0.25) is 0 Å². The number of halogens is 1. The molecule has 0 aliphatic heterocycles. The molecule has 2 aromatic rings. The molecule has 0 spiro atoms. The minimum Gasteiger partial charge on any atom is -0.461 e. The molecule has 0 aliphatic carbocycles. The maximum absolute atomic E-state index is 9.82. The van der Waals surface area contributed by atoms with Crippen LogP contribution in [-0.4, -0.2) is 13.1 Å². The molecule has 0 saturated heterocycles. The van der Waals surface area contributed by atoms with Crippen LogP contribution in [0.1, 0.15) is 5.76 Å². The van der Waals surface area contributed by atoms with Crippen molar-refractivity contribution in [3.05, 3.63) is 35.0 Å². The maximum Gasteiger partial charge on any atom is 0.417 e. The van der Waals surface area contributed by atoms with Crippen LogP contribution in [0.25, 0.3) is 11.0 Å². The van der Waals surface area contributed by atoms with E-state index in [0.717, 1.165) is 16.7 Å². The quantitative estimate of drug-likeness (QED) is 0.749. The highest BCUT2D eigenvalue weighted by Gasteiger charge is 2.04.